The molecule has 0 aliphatic carbocycles. The van der Waals surface area contributed by atoms with Crippen LogP contribution in [0.15, 0.2) is 17.0 Å². The fraction of sp³-hybridized carbons (Fsp3) is 0.538. The number of benzene rings is 1. The highest BCUT2D eigenvalue weighted by Gasteiger charge is 2.26. The van der Waals surface area contributed by atoms with Gasteiger partial charge in [-0.2, -0.15) is 4.31 Å². The average Bonchev–Trinajstić information content (AvgIpc) is 2.40. The van der Waals surface area contributed by atoms with Gasteiger partial charge in [-0.05, 0) is 25.6 Å². The van der Waals surface area contributed by atoms with Gasteiger partial charge in [0, 0.05) is 30.2 Å². The minimum absolute atomic E-state index is 0.115. The fourth-order valence-electron chi connectivity index (χ4n) is 1.95. The molecule has 0 atom stereocenters. The lowest BCUT2D eigenvalue weighted by atomic mass is 10.2. The Morgan fingerprint density at radius 1 is 1.25 bits per heavy atom. The van der Waals surface area contributed by atoms with Crippen LogP contribution in [0, 0.1) is 0 Å². The Kier molecular flexibility index (Phi) is 6.75. The second-order valence-corrected chi connectivity index (χ2v) is 7.06. The molecule has 0 fully saturated rings. The van der Waals surface area contributed by atoms with Crippen LogP contribution < -0.4 is 5.32 Å². The van der Waals surface area contributed by atoms with E-state index in [0.29, 0.717) is 30.2 Å². The van der Waals surface area contributed by atoms with E-state index in [9.17, 15) is 8.42 Å². The van der Waals surface area contributed by atoms with Gasteiger partial charge < -0.3 is 5.32 Å². The Balaban J connectivity index is 3.35. The van der Waals surface area contributed by atoms with Crippen LogP contribution in [0.2, 0.25) is 10.0 Å². The molecule has 0 unspecified atom stereocenters. The highest BCUT2D eigenvalue weighted by molar-refractivity contribution is 7.89. The van der Waals surface area contributed by atoms with Crippen molar-refractivity contribution in [2.45, 2.75) is 31.7 Å². The number of nitrogens with one attached hydrogen (secondary N) is 1. The molecular formula is C13H20Cl2N2O2S. The van der Waals surface area contributed by atoms with Crippen LogP contribution in [0.4, 0.5) is 0 Å². The summed E-state index contributed by atoms with van der Waals surface area (Å²) in [6, 6.07) is 3.05. The van der Waals surface area contributed by atoms with Gasteiger partial charge in [-0.3, -0.25) is 0 Å². The third kappa shape index (κ3) is 3.65. The molecule has 1 N–H and O–H groups in total. The van der Waals surface area contributed by atoms with Gasteiger partial charge in [0.25, 0.3) is 0 Å². The zero-order valence-corrected chi connectivity index (χ0v) is 14.2. The summed E-state index contributed by atoms with van der Waals surface area (Å²) in [4.78, 5) is 0.115. The van der Waals surface area contributed by atoms with E-state index in [4.69, 9.17) is 23.2 Å². The lowest BCUT2D eigenvalue weighted by Crippen LogP contribution is -2.32. The summed E-state index contributed by atoms with van der Waals surface area (Å²) in [5.41, 5.74) is 0.601. The van der Waals surface area contributed by atoms with Gasteiger partial charge in [-0.25, -0.2) is 8.42 Å². The first kappa shape index (κ1) is 17.7. The molecule has 0 spiro atoms. The molecule has 0 heterocycles. The second-order valence-electron chi connectivity index (χ2n) is 4.37. The van der Waals surface area contributed by atoms with Crippen molar-refractivity contribution in [1.82, 2.24) is 9.62 Å². The van der Waals surface area contributed by atoms with Crippen LogP contribution in [-0.4, -0.2) is 32.9 Å². The van der Waals surface area contributed by atoms with E-state index < -0.39 is 10.0 Å². The fourth-order valence-corrected chi connectivity index (χ4v) is 4.38. The predicted molar refractivity (Wildman–Crippen MR) is 83.9 cm³/mol. The first-order valence-electron chi connectivity index (χ1n) is 6.51. The SMILES string of the molecule is CCCN(CC)S(=O)(=O)c1ccc(Cl)c(CNC)c1Cl. The van der Waals surface area contributed by atoms with Crippen LogP contribution in [-0.2, 0) is 16.6 Å². The van der Waals surface area contributed by atoms with Gasteiger partial charge in [0.05, 0.1) is 5.02 Å². The molecule has 20 heavy (non-hydrogen) atoms. The molecule has 1 aromatic carbocycles. The molecule has 4 nitrogen and oxygen atoms in total. The van der Waals surface area contributed by atoms with Crippen LogP contribution in [0.5, 0.6) is 0 Å². The van der Waals surface area contributed by atoms with Gasteiger partial charge in [-0.15, -0.1) is 0 Å². The van der Waals surface area contributed by atoms with Gasteiger partial charge in [0.15, 0.2) is 0 Å². The maximum Gasteiger partial charge on any atom is 0.244 e. The van der Waals surface area contributed by atoms with E-state index in [0.717, 1.165) is 6.42 Å². The highest BCUT2D eigenvalue weighted by Crippen LogP contribution is 2.32. The second kappa shape index (κ2) is 7.61. The van der Waals surface area contributed by atoms with Crippen molar-refractivity contribution in [2.75, 3.05) is 20.1 Å². The quantitative estimate of drug-likeness (QED) is 0.830. The number of nitrogens with zero attached hydrogens (tertiary/aromatic N) is 1. The van der Waals surface area contributed by atoms with Gasteiger partial charge >= 0.3 is 0 Å². The van der Waals surface area contributed by atoms with E-state index in [-0.39, 0.29) is 9.92 Å². The molecule has 0 aliphatic rings. The average molecular weight is 339 g/mol. The Hall–Kier alpha value is -0.330. The zero-order valence-electron chi connectivity index (χ0n) is 11.9. The normalized spacial score (nSPS) is 12.1. The smallest absolute Gasteiger partial charge is 0.244 e. The van der Waals surface area contributed by atoms with Crippen molar-refractivity contribution in [2.24, 2.45) is 0 Å². The zero-order chi connectivity index (χ0) is 15.3. The summed E-state index contributed by atoms with van der Waals surface area (Å²) in [7, 11) is -1.83. The predicted octanol–water partition coefficient (Wildman–Crippen LogP) is 3.13. The summed E-state index contributed by atoms with van der Waals surface area (Å²) < 4.78 is 26.7. The monoisotopic (exact) mass is 338 g/mol. The molecule has 7 heteroatoms. The maximum absolute atomic E-state index is 12.6. The Labute approximate surface area is 131 Å². The van der Waals surface area contributed by atoms with Gasteiger partial charge in [-0.1, -0.05) is 37.0 Å². The molecular weight excluding hydrogens is 319 g/mol. The minimum Gasteiger partial charge on any atom is -0.316 e. The van der Waals surface area contributed by atoms with Crippen LogP contribution in [0.25, 0.3) is 0 Å². The molecule has 1 aromatic rings. The van der Waals surface area contributed by atoms with E-state index in [1.54, 1.807) is 13.1 Å². The first-order valence-corrected chi connectivity index (χ1v) is 8.71. The Bertz CT molecular complexity index is 562. The number of hydrogen-bond donors (Lipinski definition) is 1. The Morgan fingerprint density at radius 3 is 2.40 bits per heavy atom. The molecule has 0 aliphatic heterocycles. The number of rotatable bonds is 7. The minimum atomic E-state index is -3.59. The number of sulfonamides is 1. The first-order chi connectivity index (χ1) is 9.39. The van der Waals surface area contributed by atoms with Crippen LogP contribution in [0.3, 0.4) is 0 Å². The molecule has 0 saturated carbocycles. The highest BCUT2D eigenvalue weighted by atomic mass is 35.5. The largest absolute Gasteiger partial charge is 0.316 e. The van der Waals surface area contributed by atoms with Crippen molar-refractivity contribution in [3.05, 3.63) is 27.7 Å². The summed E-state index contributed by atoms with van der Waals surface area (Å²) in [6.45, 7) is 5.05. The van der Waals surface area contributed by atoms with E-state index >= 15 is 0 Å². The standard InChI is InChI=1S/C13H20Cl2N2O2S/c1-4-8-17(5-2)20(18,19)12-7-6-11(14)10(9-16-3)13(12)15/h6-7,16H,4-5,8-9H2,1-3H3. The van der Waals surface area contributed by atoms with Crippen LogP contribution in [0.1, 0.15) is 25.8 Å². The summed E-state index contributed by atoms with van der Waals surface area (Å²) in [5, 5.41) is 3.59. The topological polar surface area (TPSA) is 49.4 Å². The number of halogens is 2. The van der Waals surface area contributed by atoms with Crippen molar-refractivity contribution in [1.29, 1.82) is 0 Å². The summed E-state index contributed by atoms with van der Waals surface area (Å²) in [6.07, 6.45) is 0.752. The molecule has 0 saturated heterocycles. The Morgan fingerprint density at radius 2 is 1.90 bits per heavy atom. The van der Waals surface area contributed by atoms with Gasteiger partial charge in [0.1, 0.15) is 4.90 Å². The van der Waals surface area contributed by atoms with Crippen molar-refractivity contribution in [3.8, 4) is 0 Å². The van der Waals surface area contributed by atoms with E-state index in [2.05, 4.69) is 5.32 Å². The van der Waals surface area contributed by atoms with Crippen molar-refractivity contribution < 1.29 is 8.42 Å². The van der Waals surface area contributed by atoms with Crippen molar-refractivity contribution in [3.63, 3.8) is 0 Å². The third-order valence-corrected chi connectivity index (χ3v) is 5.86. The summed E-state index contributed by atoms with van der Waals surface area (Å²) in [5.74, 6) is 0. The molecule has 0 amide bonds. The van der Waals surface area contributed by atoms with E-state index in [1.165, 1.54) is 10.4 Å². The molecule has 1 rings (SSSR count). The molecule has 114 valence electrons. The molecule has 0 radical (unpaired) electrons. The van der Waals surface area contributed by atoms with E-state index in [1.807, 2.05) is 13.8 Å². The third-order valence-electron chi connectivity index (χ3n) is 2.95. The number of hydrogen-bond acceptors (Lipinski definition) is 3. The molecule has 0 aromatic heterocycles. The summed E-state index contributed by atoms with van der Waals surface area (Å²) >= 11 is 12.3. The van der Waals surface area contributed by atoms with Gasteiger partial charge in [0.2, 0.25) is 10.0 Å². The van der Waals surface area contributed by atoms with Crippen molar-refractivity contribution >= 4 is 33.2 Å². The molecule has 0 bridgehead atoms. The maximum atomic E-state index is 12.6. The lowest BCUT2D eigenvalue weighted by Gasteiger charge is -2.21. The van der Waals surface area contributed by atoms with Crippen LogP contribution >= 0.6 is 23.2 Å². The lowest BCUT2D eigenvalue weighted by molar-refractivity contribution is 0.427.